The lowest BCUT2D eigenvalue weighted by Gasteiger charge is -2.22. The van der Waals surface area contributed by atoms with Gasteiger partial charge in [0.1, 0.15) is 0 Å². The predicted molar refractivity (Wildman–Crippen MR) is 107 cm³/mol. The first-order valence-electron chi connectivity index (χ1n) is 9.04. The van der Waals surface area contributed by atoms with E-state index in [4.69, 9.17) is 0 Å². The van der Waals surface area contributed by atoms with Gasteiger partial charge in [0.2, 0.25) is 0 Å². The highest BCUT2D eigenvalue weighted by atomic mass is 15.1. The molecule has 0 amide bonds. The standard InChI is InChI=1S/C22H26N4/c1-18-9-10-20(15-19(18)2)25-13-14-26(16-21-7-3-5-11-23-21)17-22-8-4-6-12-24-22/h3-12,15,25H,13-14,16-17H2,1-2H3. The van der Waals surface area contributed by atoms with Crippen molar-refractivity contribution in [3.8, 4) is 0 Å². The van der Waals surface area contributed by atoms with Gasteiger partial charge in [-0.3, -0.25) is 14.9 Å². The first kappa shape index (κ1) is 18.1. The Bertz CT molecular complexity index is 761. The molecule has 0 bridgehead atoms. The average Bonchev–Trinajstić information content (AvgIpc) is 2.66. The molecular formula is C22H26N4. The first-order valence-corrected chi connectivity index (χ1v) is 9.04. The second-order valence-corrected chi connectivity index (χ2v) is 6.58. The molecule has 1 N–H and O–H groups in total. The molecule has 1 aromatic carbocycles. The maximum Gasteiger partial charge on any atom is 0.0544 e. The number of hydrogen-bond acceptors (Lipinski definition) is 4. The van der Waals surface area contributed by atoms with Gasteiger partial charge in [-0.05, 0) is 61.4 Å². The van der Waals surface area contributed by atoms with E-state index in [2.05, 4.69) is 64.4 Å². The van der Waals surface area contributed by atoms with E-state index < -0.39 is 0 Å². The van der Waals surface area contributed by atoms with Crippen LogP contribution in [0.25, 0.3) is 0 Å². The fourth-order valence-electron chi connectivity index (χ4n) is 2.87. The quantitative estimate of drug-likeness (QED) is 0.663. The number of nitrogens with zero attached hydrogens (tertiary/aromatic N) is 3. The molecule has 0 fully saturated rings. The molecule has 3 rings (SSSR count). The molecule has 0 unspecified atom stereocenters. The Labute approximate surface area is 155 Å². The number of anilines is 1. The highest BCUT2D eigenvalue weighted by Crippen LogP contribution is 2.14. The average molecular weight is 346 g/mol. The Kier molecular flexibility index (Phi) is 6.34. The number of aromatic nitrogens is 2. The summed E-state index contributed by atoms with van der Waals surface area (Å²) in [6, 6.07) is 18.6. The van der Waals surface area contributed by atoms with Crippen molar-refractivity contribution in [3.63, 3.8) is 0 Å². The lowest BCUT2D eigenvalue weighted by atomic mass is 10.1. The summed E-state index contributed by atoms with van der Waals surface area (Å²) >= 11 is 0. The Morgan fingerprint density at radius 3 is 2.00 bits per heavy atom. The van der Waals surface area contributed by atoms with Gasteiger partial charge in [0.25, 0.3) is 0 Å². The molecular weight excluding hydrogens is 320 g/mol. The smallest absolute Gasteiger partial charge is 0.0544 e. The molecule has 26 heavy (non-hydrogen) atoms. The minimum absolute atomic E-state index is 0.812. The molecule has 0 aliphatic heterocycles. The summed E-state index contributed by atoms with van der Waals surface area (Å²) in [5, 5.41) is 3.53. The van der Waals surface area contributed by atoms with Crippen LogP contribution in [0.15, 0.2) is 67.0 Å². The Morgan fingerprint density at radius 2 is 1.46 bits per heavy atom. The van der Waals surface area contributed by atoms with Crippen molar-refractivity contribution in [2.24, 2.45) is 0 Å². The Hall–Kier alpha value is -2.72. The zero-order valence-electron chi connectivity index (χ0n) is 15.5. The fourth-order valence-corrected chi connectivity index (χ4v) is 2.87. The normalized spacial score (nSPS) is 10.9. The van der Waals surface area contributed by atoms with Crippen molar-refractivity contribution in [1.82, 2.24) is 14.9 Å². The summed E-state index contributed by atoms with van der Waals surface area (Å²) < 4.78 is 0. The van der Waals surface area contributed by atoms with E-state index in [0.29, 0.717) is 0 Å². The summed E-state index contributed by atoms with van der Waals surface area (Å²) in [5.41, 5.74) is 5.96. The third-order valence-electron chi connectivity index (χ3n) is 4.49. The van der Waals surface area contributed by atoms with Crippen LogP contribution in [-0.2, 0) is 13.1 Å². The first-order chi connectivity index (χ1) is 12.7. The highest BCUT2D eigenvalue weighted by Gasteiger charge is 2.09. The summed E-state index contributed by atoms with van der Waals surface area (Å²) in [7, 11) is 0. The minimum atomic E-state index is 0.812. The maximum absolute atomic E-state index is 4.47. The van der Waals surface area contributed by atoms with Gasteiger partial charge in [-0.25, -0.2) is 0 Å². The predicted octanol–water partition coefficient (Wildman–Crippen LogP) is 4.21. The molecule has 4 nitrogen and oxygen atoms in total. The Balaban J connectivity index is 1.61. The van der Waals surface area contributed by atoms with Crippen molar-refractivity contribution in [1.29, 1.82) is 0 Å². The van der Waals surface area contributed by atoms with Gasteiger partial charge in [0.15, 0.2) is 0 Å². The number of pyridine rings is 2. The molecule has 0 saturated heterocycles. The van der Waals surface area contributed by atoms with Crippen LogP contribution in [0.4, 0.5) is 5.69 Å². The fraction of sp³-hybridized carbons (Fsp3) is 0.273. The van der Waals surface area contributed by atoms with Crippen molar-refractivity contribution < 1.29 is 0 Å². The molecule has 0 atom stereocenters. The van der Waals surface area contributed by atoms with Crippen molar-refractivity contribution in [2.75, 3.05) is 18.4 Å². The molecule has 2 heterocycles. The van der Waals surface area contributed by atoms with Gasteiger partial charge in [0.05, 0.1) is 11.4 Å². The summed E-state index contributed by atoms with van der Waals surface area (Å²) in [6.45, 7) is 7.70. The van der Waals surface area contributed by atoms with Crippen LogP contribution in [0, 0.1) is 13.8 Å². The molecule has 0 aliphatic rings. The highest BCUT2D eigenvalue weighted by molar-refractivity contribution is 5.48. The van der Waals surface area contributed by atoms with Crippen molar-refractivity contribution in [2.45, 2.75) is 26.9 Å². The third kappa shape index (κ3) is 5.39. The number of rotatable bonds is 8. The summed E-state index contributed by atoms with van der Waals surface area (Å²) in [6.07, 6.45) is 3.70. The number of benzene rings is 1. The van der Waals surface area contributed by atoms with E-state index >= 15 is 0 Å². The zero-order valence-corrected chi connectivity index (χ0v) is 15.5. The number of nitrogens with one attached hydrogen (secondary N) is 1. The molecule has 2 aromatic heterocycles. The van der Waals surface area contributed by atoms with Gasteiger partial charge in [0, 0.05) is 44.3 Å². The van der Waals surface area contributed by atoms with E-state index in [1.54, 1.807) is 0 Å². The number of hydrogen-bond donors (Lipinski definition) is 1. The molecule has 0 aliphatic carbocycles. The molecule has 3 aromatic rings. The van der Waals surface area contributed by atoms with Gasteiger partial charge in [-0.1, -0.05) is 18.2 Å². The molecule has 0 radical (unpaired) electrons. The second-order valence-electron chi connectivity index (χ2n) is 6.58. The SMILES string of the molecule is Cc1ccc(NCCN(Cc2ccccn2)Cc2ccccn2)cc1C. The molecule has 0 spiro atoms. The largest absolute Gasteiger partial charge is 0.384 e. The van der Waals surface area contributed by atoms with Gasteiger partial charge >= 0.3 is 0 Å². The van der Waals surface area contributed by atoms with Crippen LogP contribution < -0.4 is 5.32 Å². The van der Waals surface area contributed by atoms with Crippen LogP contribution >= 0.6 is 0 Å². The zero-order chi connectivity index (χ0) is 18.2. The van der Waals surface area contributed by atoms with Crippen LogP contribution in [0.1, 0.15) is 22.5 Å². The lowest BCUT2D eigenvalue weighted by molar-refractivity contribution is 0.261. The van der Waals surface area contributed by atoms with Gasteiger partial charge in [-0.15, -0.1) is 0 Å². The van der Waals surface area contributed by atoms with E-state index in [-0.39, 0.29) is 0 Å². The van der Waals surface area contributed by atoms with E-state index in [1.165, 1.54) is 16.8 Å². The molecule has 0 saturated carbocycles. The van der Waals surface area contributed by atoms with Gasteiger partial charge < -0.3 is 5.32 Å². The topological polar surface area (TPSA) is 41.0 Å². The van der Waals surface area contributed by atoms with E-state index in [0.717, 1.165) is 37.6 Å². The third-order valence-corrected chi connectivity index (χ3v) is 4.49. The minimum Gasteiger partial charge on any atom is -0.384 e. The van der Waals surface area contributed by atoms with Crippen molar-refractivity contribution in [3.05, 3.63) is 89.5 Å². The summed E-state index contributed by atoms with van der Waals surface area (Å²) in [5.74, 6) is 0. The Morgan fingerprint density at radius 1 is 0.808 bits per heavy atom. The molecule has 134 valence electrons. The van der Waals surface area contributed by atoms with E-state index in [9.17, 15) is 0 Å². The monoisotopic (exact) mass is 346 g/mol. The molecule has 4 heteroatoms. The van der Waals surface area contributed by atoms with Crippen LogP contribution in [0.5, 0.6) is 0 Å². The van der Waals surface area contributed by atoms with E-state index in [1.807, 2.05) is 36.7 Å². The second kappa shape index (κ2) is 9.11. The van der Waals surface area contributed by atoms with Crippen LogP contribution in [0.2, 0.25) is 0 Å². The van der Waals surface area contributed by atoms with Crippen LogP contribution in [0.3, 0.4) is 0 Å². The lowest BCUT2D eigenvalue weighted by Crippen LogP contribution is -2.29. The van der Waals surface area contributed by atoms with Crippen molar-refractivity contribution >= 4 is 5.69 Å². The van der Waals surface area contributed by atoms with Crippen LogP contribution in [-0.4, -0.2) is 28.0 Å². The van der Waals surface area contributed by atoms with Gasteiger partial charge in [-0.2, -0.15) is 0 Å². The number of aryl methyl sites for hydroxylation is 2. The maximum atomic E-state index is 4.47. The summed E-state index contributed by atoms with van der Waals surface area (Å²) in [4.78, 5) is 11.3.